The molecule has 0 spiro atoms. The molecule has 0 aliphatic heterocycles. The van der Waals surface area contributed by atoms with Crippen molar-refractivity contribution in [3.05, 3.63) is 35.4 Å². The fourth-order valence-electron chi connectivity index (χ4n) is 1.04. The van der Waals surface area contributed by atoms with Crippen LogP contribution in [0.2, 0.25) is 0 Å². The molecule has 14 heavy (non-hydrogen) atoms. The van der Waals surface area contributed by atoms with E-state index in [0.717, 1.165) is 17.0 Å². The molecule has 1 nitrogen and oxygen atoms in total. The maximum absolute atomic E-state index is 5.74. The molecule has 0 heterocycles. The molecule has 0 saturated carbocycles. The third-order valence-corrected chi connectivity index (χ3v) is 2.90. The highest BCUT2D eigenvalue weighted by Crippen LogP contribution is 2.22. The van der Waals surface area contributed by atoms with Gasteiger partial charge in [0.2, 0.25) is 0 Å². The summed E-state index contributed by atoms with van der Waals surface area (Å²) in [7, 11) is 0. The van der Waals surface area contributed by atoms with E-state index in [1.807, 2.05) is 24.8 Å². The van der Waals surface area contributed by atoms with Gasteiger partial charge in [-0.3, -0.25) is 0 Å². The van der Waals surface area contributed by atoms with Gasteiger partial charge in [0.1, 0.15) is 0 Å². The Kier molecular flexibility index (Phi) is 4.08. The molecule has 1 rings (SSSR count). The molecular formula is C12H17NS. The van der Waals surface area contributed by atoms with Crippen LogP contribution in [-0.2, 0) is 0 Å². The van der Waals surface area contributed by atoms with Crippen LogP contribution in [0.4, 0.5) is 5.69 Å². The summed E-state index contributed by atoms with van der Waals surface area (Å²) in [5.74, 6) is 1.03. The van der Waals surface area contributed by atoms with Gasteiger partial charge >= 0.3 is 0 Å². The van der Waals surface area contributed by atoms with Crippen molar-refractivity contribution in [1.82, 2.24) is 0 Å². The van der Waals surface area contributed by atoms with Gasteiger partial charge in [-0.25, -0.2) is 0 Å². The zero-order valence-corrected chi connectivity index (χ0v) is 9.82. The molecule has 2 N–H and O–H groups in total. The molecule has 0 aromatic heterocycles. The number of nitrogens with two attached hydrogens (primary N) is 1. The number of hydrogen-bond donors (Lipinski definition) is 1. The first kappa shape index (κ1) is 11.2. The highest BCUT2D eigenvalue weighted by atomic mass is 32.2. The summed E-state index contributed by atoms with van der Waals surface area (Å²) < 4.78 is 0. The highest BCUT2D eigenvalue weighted by molar-refractivity contribution is 7.99. The third kappa shape index (κ3) is 3.46. The second-order valence-electron chi connectivity index (χ2n) is 3.61. The number of allylic oxidation sites excluding steroid dienone is 1. The summed E-state index contributed by atoms with van der Waals surface area (Å²) in [4.78, 5) is 1.29. The first-order valence-corrected chi connectivity index (χ1v) is 5.70. The van der Waals surface area contributed by atoms with Crippen LogP contribution in [0, 0.1) is 6.92 Å². The van der Waals surface area contributed by atoms with Crippen molar-refractivity contribution in [3.8, 4) is 0 Å². The smallest absolute Gasteiger partial charge is 0.0344 e. The lowest BCUT2D eigenvalue weighted by Gasteiger charge is -2.03. The Hall–Kier alpha value is -0.890. The second kappa shape index (κ2) is 5.11. The number of rotatable bonds is 3. The average Bonchev–Trinajstić information content (AvgIpc) is 2.10. The lowest BCUT2D eigenvalue weighted by atomic mass is 10.2. The standard InChI is InChI=1S/C12H17NS/c1-9(2)6-7-14-11-4-5-12(13)10(3)8-11/h4-6,8H,7,13H2,1-3H3. The van der Waals surface area contributed by atoms with E-state index in [9.17, 15) is 0 Å². The quantitative estimate of drug-likeness (QED) is 0.465. The molecule has 0 atom stereocenters. The van der Waals surface area contributed by atoms with Crippen molar-refractivity contribution in [3.63, 3.8) is 0 Å². The molecule has 0 fully saturated rings. The minimum absolute atomic E-state index is 0.872. The van der Waals surface area contributed by atoms with Gasteiger partial charge in [-0.15, -0.1) is 11.8 Å². The van der Waals surface area contributed by atoms with Crippen molar-refractivity contribution in [2.45, 2.75) is 25.7 Å². The number of anilines is 1. The molecule has 1 aromatic rings. The van der Waals surface area contributed by atoms with Crippen LogP contribution in [-0.4, -0.2) is 5.75 Å². The number of nitrogen functional groups attached to an aromatic ring is 1. The lowest BCUT2D eigenvalue weighted by molar-refractivity contribution is 1.35. The van der Waals surface area contributed by atoms with E-state index >= 15 is 0 Å². The van der Waals surface area contributed by atoms with Gasteiger partial charge in [0, 0.05) is 16.3 Å². The fraction of sp³-hybridized carbons (Fsp3) is 0.333. The molecular weight excluding hydrogens is 190 g/mol. The van der Waals surface area contributed by atoms with Crippen LogP contribution in [0.5, 0.6) is 0 Å². The van der Waals surface area contributed by atoms with Crippen molar-refractivity contribution in [1.29, 1.82) is 0 Å². The maximum Gasteiger partial charge on any atom is 0.0344 e. The Labute approximate surface area is 90.4 Å². The van der Waals surface area contributed by atoms with Gasteiger partial charge in [-0.05, 0) is 44.5 Å². The Balaban J connectivity index is 2.60. The lowest BCUT2D eigenvalue weighted by Crippen LogP contribution is -1.88. The summed E-state index contributed by atoms with van der Waals surface area (Å²) >= 11 is 1.84. The molecule has 1 aromatic carbocycles. The zero-order chi connectivity index (χ0) is 10.6. The van der Waals surface area contributed by atoms with E-state index in [4.69, 9.17) is 5.73 Å². The third-order valence-electron chi connectivity index (χ3n) is 1.98. The molecule has 0 unspecified atom stereocenters. The molecule has 0 aliphatic rings. The van der Waals surface area contributed by atoms with E-state index in [-0.39, 0.29) is 0 Å². The minimum atomic E-state index is 0.872. The van der Waals surface area contributed by atoms with Gasteiger partial charge in [-0.2, -0.15) is 0 Å². The largest absolute Gasteiger partial charge is 0.399 e. The predicted octanol–water partition coefficient (Wildman–Crippen LogP) is 3.64. The normalized spacial score (nSPS) is 9.93. The molecule has 0 radical (unpaired) electrons. The minimum Gasteiger partial charge on any atom is -0.399 e. The van der Waals surface area contributed by atoms with E-state index in [0.29, 0.717) is 0 Å². The summed E-state index contributed by atoms with van der Waals surface area (Å²) in [6.45, 7) is 6.28. The van der Waals surface area contributed by atoms with E-state index in [2.05, 4.69) is 32.1 Å². The highest BCUT2D eigenvalue weighted by Gasteiger charge is 1.96. The van der Waals surface area contributed by atoms with Crippen LogP contribution in [0.15, 0.2) is 34.7 Å². The van der Waals surface area contributed by atoms with Crippen molar-refractivity contribution >= 4 is 17.4 Å². The molecule has 0 bridgehead atoms. The molecule has 0 aliphatic carbocycles. The van der Waals surface area contributed by atoms with E-state index < -0.39 is 0 Å². The fourth-order valence-corrected chi connectivity index (χ4v) is 2.08. The van der Waals surface area contributed by atoms with Crippen molar-refractivity contribution < 1.29 is 0 Å². The zero-order valence-electron chi connectivity index (χ0n) is 9.00. The van der Waals surface area contributed by atoms with Gasteiger partial charge in [-0.1, -0.05) is 11.6 Å². The molecule has 76 valence electrons. The monoisotopic (exact) mass is 207 g/mol. The van der Waals surface area contributed by atoms with Gasteiger partial charge in [0.25, 0.3) is 0 Å². The second-order valence-corrected chi connectivity index (χ2v) is 4.70. The van der Waals surface area contributed by atoms with Crippen LogP contribution >= 0.6 is 11.8 Å². The van der Waals surface area contributed by atoms with Crippen molar-refractivity contribution in [2.75, 3.05) is 11.5 Å². The average molecular weight is 207 g/mol. The summed E-state index contributed by atoms with van der Waals surface area (Å²) in [6, 6.07) is 6.19. The number of aryl methyl sites for hydroxylation is 1. The SMILES string of the molecule is CC(C)=CCSc1ccc(N)c(C)c1. The number of thioether (sulfide) groups is 1. The van der Waals surface area contributed by atoms with E-state index in [1.165, 1.54) is 10.5 Å². The number of hydrogen-bond acceptors (Lipinski definition) is 2. The van der Waals surface area contributed by atoms with Crippen LogP contribution in [0.25, 0.3) is 0 Å². The molecule has 0 amide bonds. The Morgan fingerprint density at radius 2 is 2.14 bits per heavy atom. The van der Waals surface area contributed by atoms with Gasteiger partial charge in [0.05, 0.1) is 0 Å². The summed E-state index contributed by atoms with van der Waals surface area (Å²) in [6.07, 6.45) is 2.23. The molecule has 0 saturated heterocycles. The predicted molar refractivity (Wildman–Crippen MR) is 65.7 cm³/mol. The Morgan fingerprint density at radius 3 is 2.71 bits per heavy atom. The van der Waals surface area contributed by atoms with Gasteiger partial charge < -0.3 is 5.73 Å². The van der Waals surface area contributed by atoms with Crippen molar-refractivity contribution in [2.24, 2.45) is 0 Å². The van der Waals surface area contributed by atoms with Gasteiger partial charge in [0.15, 0.2) is 0 Å². The van der Waals surface area contributed by atoms with Crippen LogP contribution in [0.3, 0.4) is 0 Å². The van der Waals surface area contributed by atoms with Crippen LogP contribution in [0.1, 0.15) is 19.4 Å². The maximum atomic E-state index is 5.74. The summed E-state index contributed by atoms with van der Waals surface area (Å²) in [5.41, 5.74) is 9.14. The van der Waals surface area contributed by atoms with Crippen LogP contribution < -0.4 is 5.73 Å². The summed E-state index contributed by atoms with van der Waals surface area (Å²) in [5, 5.41) is 0. The molecule has 2 heteroatoms. The number of benzene rings is 1. The van der Waals surface area contributed by atoms with E-state index in [1.54, 1.807) is 0 Å². The Bertz CT molecular complexity index is 338. The topological polar surface area (TPSA) is 26.0 Å². The Morgan fingerprint density at radius 1 is 1.43 bits per heavy atom. The first-order valence-electron chi connectivity index (χ1n) is 4.72. The first-order chi connectivity index (χ1) is 6.59.